The lowest BCUT2D eigenvalue weighted by Crippen LogP contribution is -2.49. The number of aryl methyl sites for hydroxylation is 1. The number of hydrogen-bond acceptors (Lipinski definition) is 5. The Morgan fingerprint density at radius 2 is 2.18 bits per heavy atom. The number of rotatable bonds is 5. The molecule has 2 atom stereocenters. The Morgan fingerprint density at radius 1 is 1.30 bits per heavy atom. The van der Waals surface area contributed by atoms with Crippen LogP contribution in [-0.2, 0) is 18.0 Å². The predicted molar refractivity (Wildman–Crippen MR) is 124 cm³/mol. The number of hydrogen-bond donors (Lipinski definition) is 2. The van der Waals surface area contributed by atoms with Gasteiger partial charge in [-0.1, -0.05) is 19.1 Å². The molecule has 2 aliphatic heterocycles. The van der Waals surface area contributed by atoms with Crippen LogP contribution in [0.25, 0.3) is 11.0 Å². The third kappa shape index (κ3) is 4.11. The number of carbonyl (C=O) groups excluding carboxylic acids is 2. The van der Waals surface area contributed by atoms with Gasteiger partial charge < -0.3 is 15.0 Å². The van der Waals surface area contributed by atoms with Crippen LogP contribution in [0.15, 0.2) is 30.5 Å². The Kier molecular flexibility index (Phi) is 5.85. The summed E-state index contributed by atoms with van der Waals surface area (Å²) in [5.41, 5.74) is 4.88. The van der Waals surface area contributed by atoms with Crippen molar-refractivity contribution < 1.29 is 14.3 Å². The smallest absolute Gasteiger partial charge is 0.254 e. The minimum Gasteiger partial charge on any atom is -0.372 e. The van der Waals surface area contributed by atoms with Crippen molar-refractivity contribution in [1.29, 1.82) is 0 Å². The summed E-state index contributed by atoms with van der Waals surface area (Å²) in [6.45, 7) is 6.41. The number of amides is 2. The van der Waals surface area contributed by atoms with Crippen molar-refractivity contribution in [1.82, 2.24) is 25.4 Å². The number of likely N-dealkylation sites (tertiary alicyclic amines) is 1. The maximum absolute atomic E-state index is 13.5. The van der Waals surface area contributed by atoms with Gasteiger partial charge in [-0.2, -0.15) is 5.10 Å². The average molecular weight is 448 g/mol. The summed E-state index contributed by atoms with van der Waals surface area (Å²) in [7, 11) is 0. The van der Waals surface area contributed by atoms with Crippen LogP contribution in [-0.4, -0.2) is 51.0 Å². The van der Waals surface area contributed by atoms with E-state index in [0.717, 1.165) is 47.2 Å². The van der Waals surface area contributed by atoms with Gasteiger partial charge in [0.25, 0.3) is 11.8 Å². The number of aromatic nitrogens is 3. The van der Waals surface area contributed by atoms with Crippen LogP contribution in [0.3, 0.4) is 0 Å². The van der Waals surface area contributed by atoms with Gasteiger partial charge >= 0.3 is 0 Å². The number of aromatic amines is 1. The molecule has 1 saturated heterocycles. The molecule has 33 heavy (non-hydrogen) atoms. The minimum atomic E-state index is -0.163. The summed E-state index contributed by atoms with van der Waals surface area (Å²) in [4.78, 5) is 32.5. The van der Waals surface area contributed by atoms with Crippen LogP contribution in [0.2, 0.25) is 0 Å². The van der Waals surface area contributed by atoms with Crippen LogP contribution < -0.4 is 5.32 Å². The van der Waals surface area contributed by atoms with Gasteiger partial charge in [-0.05, 0) is 55.4 Å². The molecule has 3 aromatic rings. The summed E-state index contributed by atoms with van der Waals surface area (Å²) in [5.74, 6) is 0.286. The van der Waals surface area contributed by atoms with Gasteiger partial charge in [0.05, 0.1) is 18.8 Å². The van der Waals surface area contributed by atoms with Gasteiger partial charge in [-0.15, -0.1) is 0 Å². The highest BCUT2D eigenvalue weighted by Crippen LogP contribution is 2.30. The van der Waals surface area contributed by atoms with Crippen LogP contribution in [0.1, 0.15) is 63.7 Å². The van der Waals surface area contributed by atoms with Crippen molar-refractivity contribution in [2.45, 2.75) is 52.4 Å². The molecule has 0 bridgehead atoms. The van der Waals surface area contributed by atoms with E-state index in [1.54, 1.807) is 6.20 Å². The zero-order valence-electron chi connectivity index (χ0n) is 19.1. The first-order valence-corrected chi connectivity index (χ1v) is 11.6. The Morgan fingerprint density at radius 3 is 3.06 bits per heavy atom. The van der Waals surface area contributed by atoms with E-state index in [4.69, 9.17) is 4.74 Å². The van der Waals surface area contributed by atoms with Crippen LogP contribution >= 0.6 is 0 Å². The molecule has 2 unspecified atom stereocenters. The first-order chi connectivity index (χ1) is 16.0. The maximum atomic E-state index is 13.5. The van der Waals surface area contributed by atoms with E-state index in [1.807, 2.05) is 36.1 Å². The maximum Gasteiger partial charge on any atom is 0.254 e. The van der Waals surface area contributed by atoms with Crippen LogP contribution in [0.4, 0.5) is 0 Å². The molecular weight excluding hydrogens is 418 g/mol. The molecule has 1 fully saturated rings. The zero-order chi connectivity index (χ0) is 22.9. The second-order valence-corrected chi connectivity index (χ2v) is 9.11. The highest BCUT2D eigenvalue weighted by Gasteiger charge is 2.33. The molecule has 2 aliphatic rings. The van der Waals surface area contributed by atoms with Crippen molar-refractivity contribution in [2.24, 2.45) is 5.92 Å². The Hall–Kier alpha value is -3.26. The molecule has 4 heterocycles. The van der Waals surface area contributed by atoms with Gasteiger partial charge in [0.15, 0.2) is 5.65 Å². The van der Waals surface area contributed by atoms with E-state index in [-0.39, 0.29) is 17.9 Å². The molecule has 0 spiro atoms. The molecule has 0 saturated carbocycles. The number of fused-ring (bicyclic) bond motifs is 2. The number of pyridine rings is 1. The molecular formula is C25H29N5O3. The van der Waals surface area contributed by atoms with E-state index >= 15 is 0 Å². The molecule has 2 N–H and O–H groups in total. The normalized spacial score (nSPS) is 20.1. The van der Waals surface area contributed by atoms with Gasteiger partial charge in [0.1, 0.15) is 0 Å². The third-order valence-corrected chi connectivity index (χ3v) is 6.97. The number of piperidine rings is 1. The second kappa shape index (κ2) is 8.94. The molecule has 172 valence electrons. The molecule has 1 aromatic carbocycles. The van der Waals surface area contributed by atoms with Crippen molar-refractivity contribution in [3.05, 3.63) is 58.4 Å². The van der Waals surface area contributed by atoms with Gasteiger partial charge in [0, 0.05) is 42.0 Å². The number of carbonyl (C=O) groups is 2. The van der Waals surface area contributed by atoms with Gasteiger partial charge in [0.2, 0.25) is 0 Å². The van der Waals surface area contributed by atoms with Crippen molar-refractivity contribution in [2.75, 3.05) is 13.1 Å². The first kappa shape index (κ1) is 21.6. The summed E-state index contributed by atoms with van der Waals surface area (Å²) >= 11 is 0. The average Bonchev–Trinajstić information content (AvgIpc) is 3.46. The lowest BCUT2D eigenvalue weighted by molar-refractivity contribution is 0.0496. The number of benzene rings is 1. The molecule has 0 aliphatic carbocycles. The fourth-order valence-electron chi connectivity index (χ4n) is 5.08. The van der Waals surface area contributed by atoms with E-state index < -0.39 is 0 Å². The summed E-state index contributed by atoms with van der Waals surface area (Å²) in [6, 6.07) is 7.78. The Labute approximate surface area is 192 Å². The number of H-pyrrole nitrogens is 1. The highest BCUT2D eigenvalue weighted by atomic mass is 16.5. The predicted octanol–water partition coefficient (Wildman–Crippen LogP) is 3.36. The Bertz CT molecular complexity index is 1200. The highest BCUT2D eigenvalue weighted by molar-refractivity contribution is 5.97. The van der Waals surface area contributed by atoms with Crippen molar-refractivity contribution in [3.8, 4) is 0 Å². The standard InChI is InChI=1S/C25H29N5O3/c1-15-5-4-10-30(25(32)19-7-3-6-17-13-33-14-21(17)19)22(15)8-9-26-24(31)18-11-20-16(2)28-29-23(20)27-12-18/h3,6-7,11-12,15,22H,4-5,8-10,13-14H2,1-2H3,(H,26,31)(H,27,28,29). The summed E-state index contributed by atoms with van der Waals surface area (Å²) in [6.07, 6.45) is 4.34. The largest absolute Gasteiger partial charge is 0.372 e. The van der Waals surface area contributed by atoms with E-state index in [1.165, 1.54) is 0 Å². The van der Waals surface area contributed by atoms with Crippen molar-refractivity contribution >= 4 is 22.8 Å². The minimum absolute atomic E-state index is 0.0744. The summed E-state index contributed by atoms with van der Waals surface area (Å²) < 4.78 is 5.57. The summed E-state index contributed by atoms with van der Waals surface area (Å²) in [5, 5.41) is 10.9. The van der Waals surface area contributed by atoms with E-state index in [9.17, 15) is 9.59 Å². The van der Waals surface area contributed by atoms with Gasteiger partial charge in [-0.3, -0.25) is 14.7 Å². The molecule has 8 heteroatoms. The molecule has 2 aromatic heterocycles. The molecule has 2 amide bonds. The van der Waals surface area contributed by atoms with E-state index in [2.05, 4.69) is 27.4 Å². The first-order valence-electron chi connectivity index (χ1n) is 11.6. The van der Waals surface area contributed by atoms with Crippen LogP contribution in [0.5, 0.6) is 0 Å². The van der Waals surface area contributed by atoms with Gasteiger partial charge in [-0.25, -0.2) is 4.98 Å². The molecule has 0 radical (unpaired) electrons. The number of ether oxygens (including phenoxy) is 1. The quantitative estimate of drug-likeness (QED) is 0.625. The fourth-order valence-corrected chi connectivity index (χ4v) is 5.08. The van der Waals surface area contributed by atoms with Crippen LogP contribution in [0, 0.1) is 12.8 Å². The monoisotopic (exact) mass is 447 g/mol. The fraction of sp³-hybridized carbons (Fsp3) is 0.440. The lowest BCUT2D eigenvalue weighted by atomic mass is 9.87. The topological polar surface area (TPSA) is 100 Å². The lowest BCUT2D eigenvalue weighted by Gasteiger charge is -2.40. The third-order valence-electron chi connectivity index (χ3n) is 6.97. The number of nitrogens with one attached hydrogen (secondary N) is 2. The molecule has 5 rings (SSSR count). The second-order valence-electron chi connectivity index (χ2n) is 9.11. The molecule has 8 nitrogen and oxygen atoms in total. The SMILES string of the molecule is Cc1[nH]nc2ncc(C(=O)NCCC3C(C)CCCN3C(=O)c3cccc4c3COC4)cc12. The number of nitrogens with zero attached hydrogens (tertiary/aromatic N) is 3. The van der Waals surface area contributed by atoms with E-state index in [0.29, 0.717) is 43.3 Å². The Balaban J connectivity index is 1.27. The zero-order valence-corrected chi connectivity index (χ0v) is 19.1. The van der Waals surface area contributed by atoms with Crippen molar-refractivity contribution in [3.63, 3.8) is 0 Å².